The van der Waals surface area contributed by atoms with Crippen molar-refractivity contribution >= 4 is 11.8 Å². The Bertz CT molecular complexity index is 803. The summed E-state index contributed by atoms with van der Waals surface area (Å²) < 4.78 is 5.27. The summed E-state index contributed by atoms with van der Waals surface area (Å²) in [6.45, 7) is 7.29. The third kappa shape index (κ3) is 7.74. The van der Waals surface area contributed by atoms with Crippen molar-refractivity contribution in [3.05, 3.63) is 65.7 Å². The maximum atomic E-state index is 13.4. The highest BCUT2D eigenvalue weighted by Gasteiger charge is 2.30. The zero-order valence-electron chi connectivity index (χ0n) is 19.3. The number of hydrogen-bond donors (Lipinski definition) is 1. The topological polar surface area (TPSA) is 58.6 Å². The van der Waals surface area contributed by atoms with Crippen molar-refractivity contribution < 1.29 is 14.3 Å². The first-order chi connectivity index (χ1) is 15.0. The fourth-order valence-corrected chi connectivity index (χ4v) is 3.42. The van der Waals surface area contributed by atoms with Crippen LogP contribution in [0, 0.1) is 5.92 Å². The zero-order valence-corrected chi connectivity index (χ0v) is 19.3. The van der Waals surface area contributed by atoms with Crippen LogP contribution in [0.15, 0.2) is 54.6 Å². The second-order valence-electron chi connectivity index (χ2n) is 8.25. The quantitative estimate of drug-likeness (QED) is 0.515. The monoisotopic (exact) mass is 424 g/mol. The molecule has 168 valence electrons. The van der Waals surface area contributed by atoms with E-state index in [4.69, 9.17) is 4.74 Å². The minimum atomic E-state index is -0.666. The lowest BCUT2D eigenvalue weighted by molar-refractivity contribution is -0.141. The van der Waals surface area contributed by atoms with E-state index in [0.29, 0.717) is 25.4 Å². The van der Waals surface area contributed by atoms with Gasteiger partial charge in [-0.1, -0.05) is 69.7 Å². The molecule has 5 heteroatoms. The van der Waals surface area contributed by atoms with E-state index in [1.807, 2.05) is 54.6 Å². The van der Waals surface area contributed by atoms with E-state index in [2.05, 4.69) is 26.1 Å². The molecule has 0 saturated heterocycles. The summed E-state index contributed by atoms with van der Waals surface area (Å²) >= 11 is 0. The summed E-state index contributed by atoms with van der Waals surface area (Å²) in [6, 6.07) is 16.6. The molecule has 0 saturated carbocycles. The molecular weight excluding hydrogens is 388 g/mol. The molecule has 2 aromatic carbocycles. The third-order valence-corrected chi connectivity index (χ3v) is 5.31. The first kappa shape index (κ1) is 24.4. The Hall–Kier alpha value is -2.82. The number of amides is 2. The van der Waals surface area contributed by atoms with Gasteiger partial charge in [-0.05, 0) is 42.0 Å². The Labute approximate surface area is 186 Å². The van der Waals surface area contributed by atoms with Crippen LogP contribution in [0.1, 0.15) is 63.6 Å². The van der Waals surface area contributed by atoms with E-state index in [1.54, 1.807) is 12.0 Å². The number of benzene rings is 2. The fourth-order valence-electron chi connectivity index (χ4n) is 3.42. The highest BCUT2D eigenvalue weighted by atomic mass is 16.5. The highest BCUT2D eigenvalue weighted by Crippen LogP contribution is 2.26. The van der Waals surface area contributed by atoms with Gasteiger partial charge in [-0.15, -0.1) is 0 Å². The normalized spacial score (nSPS) is 11.8. The largest absolute Gasteiger partial charge is 0.497 e. The number of hydrogen-bond acceptors (Lipinski definition) is 3. The number of carbonyl (C=O) groups is 2. The van der Waals surface area contributed by atoms with E-state index < -0.39 is 6.04 Å². The van der Waals surface area contributed by atoms with Gasteiger partial charge in [0.1, 0.15) is 11.8 Å². The van der Waals surface area contributed by atoms with Gasteiger partial charge >= 0.3 is 0 Å². The molecule has 0 aliphatic rings. The molecule has 0 aliphatic carbocycles. The third-order valence-electron chi connectivity index (χ3n) is 5.31. The second-order valence-corrected chi connectivity index (χ2v) is 8.25. The summed E-state index contributed by atoms with van der Waals surface area (Å²) in [7, 11) is 1.61. The van der Waals surface area contributed by atoms with E-state index >= 15 is 0 Å². The van der Waals surface area contributed by atoms with Crippen molar-refractivity contribution in [2.24, 2.45) is 5.92 Å². The van der Waals surface area contributed by atoms with Gasteiger partial charge in [-0.25, -0.2) is 0 Å². The number of nitrogens with one attached hydrogen (secondary N) is 1. The average Bonchev–Trinajstić information content (AvgIpc) is 2.79. The molecule has 0 heterocycles. The molecule has 2 amide bonds. The van der Waals surface area contributed by atoms with Crippen LogP contribution in [0.3, 0.4) is 0 Å². The lowest BCUT2D eigenvalue weighted by Crippen LogP contribution is -2.44. The van der Waals surface area contributed by atoms with Gasteiger partial charge in [0, 0.05) is 19.5 Å². The van der Waals surface area contributed by atoms with Gasteiger partial charge in [-0.3, -0.25) is 9.59 Å². The molecule has 0 aromatic heterocycles. The Morgan fingerprint density at radius 1 is 1.03 bits per heavy atom. The number of rotatable bonds is 12. The minimum absolute atomic E-state index is 0.0258. The Balaban J connectivity index is 2.30. The Morgan fingerprint density at radius 2 is 1.71 bits per heavy atom. The van der Waals surface area contributed by atoms with Gasteiger partial charge < -0.3 is 15.0 Å². The summed E-state index contributed by atoms with van der Waals surface area (Å²) in [6.07, 6.45) is 3.06. The number of methoxy groups -OCH3 is 1. The lowest BCUT2D eigenvalue weighted by atomic mass is 10.0. The van der Waals surface area contributed by atoms with Crippen LogP contribution in [0.25, 0.3) is 0 Å². The molecule has 0 radical (unpaired) electrons. The van der Waals surface area contributed by atoms with Gasteiger partial charge in [0.2, 0.25) is 11.8 Å². The number of ether oxygens (including phenoxy) is 1. The fraction of sp³-hybridized carbons (Fsp3) is 0.462. The van der Waals surface area contributed by atoms with Crippen molar-refractivity contribution in [3.8, 4) is 5.75 Å². The van der Waals surface area contributed by atoms with Crippen molar-refractivity contribution in [2.75, 3.05) is 13.7 Å². The van der Waals surface area contributed by atoms with Crippen LogP contribution in [0.5, 0.6) is 5.75 Å². The lowest BCUT2D eigenvalue weighted by Gasteiger charge is -2.32. The molecule has 1 N–H and O–H groups in total. The van der Waals surface area contributed by atoms with Gasteiger partial charge in [0.15, 0.2) is 0 Å². The molecule has 1 unspecified atom stereocenters. The van der Waals surface area contributed by atoms with Crippen LogP contribution in [-0.4, -0.2) is 30.4 Å². The molecule has 0 aliphatic heterocycles. The number of carbonyl (C=O) groups excluding carboxylic acids is 2. The van der Waals surface area contributed by atoms with Gasteiger partial charge in [0.25, 0.3) is 0 Å². The first-order valence-corrected chi connectivity index (χ1v) is 11.2. The SMILES string of the molecule is CCCCN(C(=O)CCC(C)C)C(C(=O)NCc1ccccc1)c1ccc(OC)cc1. The van der Waals surface area contributed by atoms with E-state index in [1.165, 1.54) is 0 Å². The van der Waals surface area contributed by atoms with Crippen LogP contribution in [0.2, 0.25) is 0 Å². The molecular formula is C26H36N2O3. The molecule has 31 heavy (non-hydrogen) atoms. The average molecular weight is 425 g/mol. The highest BCUT2D eigenvalue weighted by molar-refractivity contribution is 5.88. The van der Waals surface area contributed by atoms with Crippen molar-refractivity contribution in [1.82, 2.24) is 10.2 Å². The summed E-state index contributed by atoms with van der Waals surface area (Å²) in [5, 5.41) is 3.04. The predicted octanol–water partition coefficient (Wildman–Crippen LogP) is 5.12. The second kappa shape index (κ2) is 12.8. The predicted molar refractivity (Wildman–Crippen MR) is 125 cm³/mol. The molecule has 0 bridgehead atoms. The molecule has 0 spiro atoms. The van der Waals surface area contributed by atoms with Crippen LogP contribution < -0.4 is 10.1 Å². The van der Waals surface area contributed by atoms with Crippen molar-refractivity contribution in [3.63, 3.8) is 0 Å². The maximum Gasteiger partial charge on any atom is 0.247 e. The molecule has 2 rings (SSSR count). The maximum absolute atomic E-state index is 13.4. The zero-order chi connectivity index (χ0) is 22.6. The number of nitrogens with zero attached hydrogens (tertiary/aromatic N) is 1. The van der Waals surface area contributed by atoms with Crippen LogP contribution >= 0.6 is 0 Å². The molecule has 1 atom stereocenters. The van der Waals surface area contributed by atoms with Gasteiger partial charge in [-0.2, -0.15) is 0 Å². The molecule has 5 nitrogen and oxygen atoms in total. The molecule has 0 fully saturated rings. The van der Waals surface area contributed by atoms with Crippen LogP contribution in [0.4, 0.5) is 0 Å². The smallest absolute Gasteiger partial charge is 0.247 e. The summed E-state index contributed by atoms with van der Waals surface area (Å²) in [5.74, 6) is 1.02. The standard InChI is InChI=1S/C26H36N2O3/c1-5-6-18-28(24(29)17-12-20(2)3)25(22-13-15-23(31-4)16-14-22)26(30)27-19-21-10-8-7-9-11-21/h7-11,13-16,20,25H,5-6,12,17-19H2,1-4H3,(H,27,30). The Kier molecular flexibility index (Phi) is 10.1. The van der Waals surface area contributed by atoms with Gasteiger partial charge in [0.05, 0.1) is 7.11 Å². The number of unbranched alkanes of at least 4 members (excludes halogenated alkanes) is 1. The van der Waals surface area contributed by atoms with E-state index in [-0.39, 0.29) is 11.8 Å². The molecule has 2 aromatic rings. The first-order valence-electron chi connectivity index (χ1n) is 11.2. The summed E-state index contributed by atoms with van der Waals surface area (Å²) in [5.41, 5.74) is 1.82. The minimum Gasteiger partial charge on any atom is -0.497 e. The van der Waals surface area contributed by atoms with Crippen LogP contribution in [-0.2, 0) is 16.1 Å². The van der Waals surface area contributed by atoms with Crippen molar-refractivity contribution in [1.29, 1.82) is 0 Å². The summed E-state index contributed by atoms with van der Waals surface area (Å²) in [4.78, 5) is 28.3. The van der Waals surface area contributed by atoms with Crippen molar-refractivity contribution in [2.45, 2.75) is 59.0 Å². The Morgan fingerprint density at radius 3 is 2.29 bits per heavy atom. The van der Waals surface area contributed by atoms with E-state index in [0.717, 1.165) is 36.1 Å². The van der Waals surface area contributed by atoms with E-state index in [9.17, 15) is 9.59 Å².